The summed E-state index contributed by atoms with van der Waals surface area (Å²) in [7, 11) is 0. The van der Waals surface area contributed by atoms with Crippen molar-refractivity contribution in [2.45, 2.75) is 24.7 Å². The Morgan fingerprint density at radius 3 is 0.548 bits per heavy atom. The summed E-state index contributed by atoms with van der Waals surface area (Å²) in [5.74, 6) is -14.9. The van der Waals surface area contributed by atoms with Crippen LogP contribution in [0.2, 0.25) is 0 Å². The average molecular weight is 1210 g/mol. The minimum Gasteiger partial charge on any atom is -0.444 e. The topological polar surface area (TPSA) is 418 Å². The van der Waals surface area contributed by atoms with E-state index in [1.807, 2.05) is 0 Å². The lowest BCUT2D eigenvalue weighted by atomic mass is 10.1. The van der Waals surface area contributed by atoms with Gasteiger partial charge in [0.2, 0.25) is 0 Å². The molecule has 440 valence electrons. The number of alkyl halides is 12. The van der Waals surface area contributed by atoms with Crippen molar-refractivity contribution in [3.63, 3.8) is 0 Å². The first-order chi connectivity index (χ1) is 38.6. The standard InChI is InChI=1S/C41H14F12N8O23/c42-38(43,44)15-1-25(54(63)64)33(26(2-15)55(65)66)79-19-9-20(80-34-27(56(67)68)3-16(39(45,46)47)4-28(34)57(69)70)12-23(11-19)83-37(62)84-24-13-21(81-35-29(58(71)72)5-17(40(48,49)50)6-30(35)59(73)74)10-22(14-24)82-36-31(60(75)76)7-18(41(51,52)53)8-32(36)61(77)78/h1-14H. The Bertz CT molecular complexity index is 3230. The number of halogens is 12. The SMILES string of the molecule is O=C(Oc1cc(Oc2c([N+](=O)[O-])cc(C(F)(F)F)cc2[N+](=O)[O-])cc(Oc2c([N+](=O)[O-])cc(C(F)(F)F)cc2[N+](=O)[O-])c1)Oc1cc(Oc2c([N+](=O)[O-])cc(C(F)(F)F)cc2[N+](=O)[O-])cc(Oc2c([N+](=O)[O-])cc(C(F)(F)F)cc2[N+](=O)[O-])c1. The molecule has 0 aliphatic rings. The third kappa shape index (κ3) is 13.8. The van der Waals surface area contributed by atoms with E-state index in [4.69, 9.17) is 28.4 Å². The molecule has 0 aromatic heterocycles. The molecule has 0 fully saturated rings. The van der Waals surface area contributed by atoms with Crippen LogP contribution in [0.3, 0.4) is 0 Å². The van der Waals surface area contributed by atoms with Gasteiger partial charge >= 0.3 is 76.4 Å². The van der Waals surface area contributed by atoms with E-state index in [1.54, 1.807) is 0 Å². The second kappa shape index (κ2) is 22.4. The molecule has 84 heavy (non-hydrogen) atoms. The highest BCUT2D eigenvalue weighted by Crippen LogP contribution is 2.51. The highest BCUT2D eigenvalue weighted by Gasteiger charge is 2.43. The summed E-state index contributed by atoms with van der Waals surface area (Å²) in [6.07, 6.45) is -24.5. The molecule has 0 heterocycles. The Kier molecular flexibility index (Phi) is 16.3. The first-order valence-electron chi connectivity index (χ1n) is 20.7. The number of nitro groups is 8. The first-order valence-corrected chi connectivity index (χ1v) is 20.7. The van der Waals surface area contributed by atoms with Gasteiger partial charge in [0.25, 0.3) is 23.0 Å². The van der Waals surface area contributed by atoms with E-state index in [1.165, 1.54) is 0 Å². The van der Waals surface area contributed by atoms with Crippen LogP contribution in [-0.2, 0) is 24.7 Å². The second-order valence-electron chi connectivity index (χ2n) is 15.6. The molecule has 0 bridgehead atoms. The average Bonchev–Trinajstić information content (AvgIpc) is 2.71. The number of nitrogens with zero attached hydrogens (tertiary/aromatic N) is 8. The highest BCUT2D eigenvalue weighted by molar-refractivity contribution is 5.71. The van der Waals surface area contributed by atoms with Crippen LogP contribution in [0, 0.1) is 80.9 Å². The number of carbonyl (C=O) groups excluding carboxylic acids is 1. The Balaban J connectivity index is 1.56. The van der Waals surface area contributed by atoms with Gasteiger partial charge in [-0.25, -0.2) is 4.79 Å². The van der Waals surface area contributed by atoms with Gasteiger partial charge in [-0.2, -0.15) is 52.7 Å². The monoisotopic (exact) mass is 1210 g/mol. The molecule has 31 nitrogen and oxygen atoms in total. The van der Waals surface area contributed by atoms with Crippen LogP contribution < -0.4 is 28.4 Å². The van der Waals surface area contributed by atoms with E-state index in [2.05, 4.69) is 0 Å². The molecule has 0 N–H and O–H groups in total. The van der Waals surface area contributed by atoms with Crippen LogP contribution in [0.1, 0.15) is 22.3 Å². The molecular weight excluding hydrogens is 1200 g/mol. The summed E-state index contributed by atoms with van der Waals surface area (Å²) in [5.41, 5.74) is -23.2. The molecule has 6 rings (SSSR count). The highest BCUT2D eigenvalue weighted by atomic mass is 19.4. The molecule has 0 atom stereocenters. The summed E-state index contributed by atoms with van der Waals surface area (Å²) in [6.45, 7) is 0. The zero-order valence-corrected chi connectivity index (χ0v) is 39.1. The van der Waals surface area contributed by atoms with Crippen molar-refractivity contribution < 1.29 is 125 Å². The van der Waals surface area contributed by atoms with Gasteiger partial charge in [0, 0.05) is 84.9 Å². The van der Waals surface area contributed by atoms with Crippen molar-refractivity contribution in [2.24, 2.45) is 0 Å². The molecule has 0 spiro atoms. The summed E-state index contributed by atoms with van der Waals surface area (Å²) in [5, 5.41) is 96.0. The maximum absolute atomic E-state index is 13.7. The molecule has 0 saturated carbocycles. The minimum absolute atomic E-state index is 0.245. The Morgan fingerprint density at radius 1 is 0.274 bits per heavy atom. The summed E-state index contributed by atoms with van der Waals surface area (Å²) in [4.78, 5) is 96.1. The van der Waals surface area contributed by atoms with Crippen molar-refractivity contribution in [1.29, 1.82) is 0 Å². The van der Waals surface area contributed by atoms with Crippen LogP contribution in [0.5, 0.6) is 57.5 Å². The molecule has 0 saturated heterocycles. The molecule has 0 amide bonds. The van der Waals surface area contributed by atoms with E-state index in [-0.39, 0.29) is 84.9 Å². The summed E-state index contributed by atoms with van der Waals surface area (Å²) >= 11 is 0. The number of benzene rings is 6. The van der Waals surface area contributed by atoms with E-state index >= 15 is 0 Å². The van der Waals surface area contributed by atoms with Crippen LogP contribution in [0.4, 0.5) is 103 Å². The number of rotatable bonds is 18. The van der Waals surface area contributed by atoms with Crippen molar-refractivity contribution in [1.82, 2.24) is 0 Å². The zero-order valence-electron chi connectivity index (χ0n) is 39.1. The van der Waals surface area contributed by atoms with Crippen molar-refractivity contribution >= 4 is 51.7 Å². The fraction of sp³-hybridized carbons (Fsp3) is 0.0976. The van der Waals surface area contributed by atoms with E-state index in [0.29, 0.717) is 0 Å². The molecule has 0 unspecified atom stereocenters. The van der Waals surface area contributed by atoms with Gasteiger partial charge in [0.1, 0.15) is 34.5 Å². The quantitative estimate of drug-likeness (QED) is 0.0253. The maximum atomic E-state index is 13.7. The lowest BCUT2D eigenvalue weighted by Gasteiger charge is -2.15. The van der Waals surface area contributed by atoms with Gasteiger partial charge in [-0.3, -0.25) is 80.9 Å². The van der Waals surface area contributed by atoms with Gasteiger partial charge in [0.15, 0.2) is 0 Å². The van der Waals surface area contributed by atoms with Crippen molar-refractivity contribution in [2.75, 3.05) is 0 Å². The number of nitro benzene ring substituents is 8. The number of hydrogen-bond acceptors (Lipinski definition) is 23. The molecule has 0 aliphatic carbocycles. The second-order valence-corrected chi connectivity index (χ2v) is 15.6. The zero-order chi connectivity index (χ0) is 63.0. The Labute approximate surface area is 447 Å². The predicted molar refractivity (Wildman–Crippen MR) is 239 cm³/mol. The fourth-order valence-electron chi connectivity index (χ4n) is 6.68. The normalized spacial score (nSPS) is 11.7. The number of carbonyl (C=O) groups is 1. The van der Waals surface area contributed by atoms with Gasteiger partial charge in [-0.1, -0.05) is 0 Å². The van der Waals surface area contributed by atoms with E-state index in [0.717, 1.165) is 0 Å². The molecule has 43 heteroatoms. The fourth-order valence-corrected chi connectivity index (χ4v) is 6.68. The Morgan fingerprint density at radius 2 is 0.417 bits per heavy atom. The van der Waals surface area contributed by atoms with Gasteiger partial charge in [-0.05, 0) is 0 Å². The molecule has 6 aromatic carbocycles. The lowest BCUT2D eigenvalue weighted by molar-refractivity contribution is -0.396. The maximum Gasteiger partial charge on any atom is 0.519 e. The van der Waals surface area contributed by atoms with Crippen LogP contribution in [-0.4, -0.2) is 45.5 Å². The predicted octanol–water partition coefficient (Wildman–Crippen LogP) is 13.8. The first kappa shape index (κ1) is 61.4. The minimum atomic E-state index is -5.55. The van der Waals surface area contributed by atoms with Gasteiger partial charge in [-0.15, -0.1) is 0 Å². The molecule has 0 radical (unpaired) electrons. The van der Waals surface area contributed by atoms with Crippen LogP contribution in [0.25, 0.3) is 0 Å². The van der Waals surface area contributed by atoms with Crippen LogP contribution in [0.15, 0.2) is 84.9 Å². The summed E-state index contributed by atoms with van der Waals surface area (Å²) < 4.78 is 195. The van der Waals surface area contributed by atoms with E-state index in [9.17, 15) is 138 Å². The third-order valence-corrected chi connectivity index (χ3v) is 10.1. The largest absolute Gasteiger partial charge is 0.519 e. The number of ether oxygens (including phenoxy) is 6. The smallest absolute Gasteiger partial charge is 0.444 e. The van der Waals surface area contributed by atoms with Crippen LogP contribution >= 0.6 is 0 Å². The Hall–Kier alpha value is -11.9. The molecular formula is C41H14F12N8O23. The number of hydrogen-bond donors (Lipinski definition) is 0. The molecule has 6 aromatic rings. The van der Waals surface area contributed by atoms with Gasteiger partial charge < -0.3 is 28.4 Å². The third-order valence-electron chi connectivity index (χ3n) is 10.1. The lowest BCUT2D eigenvalue weighted by Crippen LogP contribution is -2.14. The summed E-state index contributed by atoms with van der Waals surface area (Å²) in [6, 6.07) is -1.05. The van der Waals surface area contributed by atoms with Crippen molar-refractivity contribution in [3.8, 4) is 57.5 Å². The van der Waals surface area contributed by atoms with Crippen molar-refractivity contribution in [3.05, 3.63) is 188 Å². The van der Waals surface area contributed by atoms with E-state index < -0.39 is 195 Å². The molecule has 0 aliphatic heterocycles. The van der Waals surface area contributed by atoms with Gasteiger partial charge in [0.05, 0.1) is 61.6 Å².